The Balaban J connectivity index is 0.00000256. The van der Waals surface area contributed by atoms with Crippen molar-refractivity contribution in [3.05, 3.63) is 273 Å². The molecule has 11 aromatic carbocycles. The van der Waals surface area contributed by atoms with Crippen LogP contribution in [0.1, 0.15) is 13.8 Å². The summed E-state index contributed by atoms with van der Waals surface area (Å²) >= 11 is 0. The molecule has 2 aromatic heterocycles. The molecule has 0 radical (unpaired) electrons. The summed E-state index contributed by atoms with van der Waals surface area (Å²) in [5.41, 5.74) is 19.8. The van der Waals surface area contributed by atoms with Crippen LogP contribution < -0.4 is 4.90 Å². The Morgan fingerprint density at radius 1 is 0.225 bits per heavy atom. The molecule has 0 atom stereocenters. The zero-order chi connectivity index (χ0) is 47.7. The van der Waals surface area contributed by atoms with Gasteiger partial charge in [0.15, 0.2) is 0 Å². The molecule has 0 saturated carbocycles. The van der Waals surface area contributed by atoms with E-state index < -0.39 is 0 Å². The van der Waals surface area contributed by atoms with Crippen LogP contribution in [-0.4, -0.2) is 9.13 Å². The van der Waals surface area contributed by atoms with Crippen LogP contribution in [-0.2, 0) is 0 Å². The molecule has 0 aliphatic carbocycles. The van der Waals surface area contributed by atoms with Crippen molar-refractivity contribution in [2.24, 2.45) is 0 Å². The maximum atomic E-state index is 2.41. The summed E-state index contributed by atoms with van der Waals surface area (Å²) in [7, 11) is 0. The van der Waals surface area contributed by atoms with E-state index in [9.17, 15) is 0 Å². The molecule has 0 bridgehead atoms. The van der Waals surface area contributed by atoms with Crippen molar-refractivity contribution < 1.29 is 0 Å². The third-order valence-electron chi connectivity index (χ3n) is 13.7. The first-order valence-corrected chi connectivity index (χ1v) is 24.7. The van der Waals surface area contributed by atoms with Crippen molar-refractivity contribution in [3.63, 3.8) is 0 Å². The fraction of sp³-hybridized carbons (Fsp3) is 0.0294. The molecular formula is C68H51N3. The van der Waals surface area contributed by atoms with Crippen molar-refractivity contribution in [2.75, 3.05) is 4.90 Å². The van der Waals surface area contributed by atoms with Gasteiger partial charge >= 0.3 is 0 Å². The number of nitrogens with zero attached hydrogens (tertiary/aromatic N) is 3. The normalized spacial score (nSPS) is 11.2. The Bertz CT molecular complexity index is 3910. The lowest BCUT2D eigenvalue weighted by molar-refractivity contribution is 1.18. The lowest BCUT2D eigenvalue weighted by Crippen LogP contribution is -2.10. The fourth-order valence-corrected chi connectivity index (χ4v) is 10.4. The zero-order valence-corrected chi connectivity index (χ0v) is 39.8. The Hall–Kier alpha value is -9.18. The number of hydrogen-bond acceptors (Lipinski definition) is 1. The van der Waals surface area contributed by atoms with E-state index in [0.29, 0.717) is 0 Å². The molecule has 338 valence electrons. The van der Waals surface area contributed by atoms with Crippen molar-refractivity contribution in [1.82, 2.24) is 9.13 Å². The van der Waals surface area contributed by atoms with Gasteiger partial charge in [-0.05, 0) is 154 Å². The van der Waals surface area contributed by atoms with Gasteiger partial charge < -0.3 is 14.0 Å². The smallest absolute Gasteiger partial charge is 0.0541 e. The Labute approximate surface area is 415 Å². The molecule has 3 nitrogen and oxygen atoms in total. The van der Waals surface area contributed by atoms with E-state index in [4.69, 9.17) is 0 Å². The molecule has 0 saturated heterocycles. The lowest BCUT2D eigenvalue weighted by Gasteiger charge is -2.27. The average Bonchev–Trinajstić information content (AvgIpc) is 3.97. The highest BCUT2D eigenvalue weighted by atomic mass is 15.1. The Morgan fingerprint density at radius 3 is 1.04 bits per heavy atom. The topological polar surface area (TPSA) is 13.1 Å². The fourth-order valence-electron chi connectivity index (χ4n) is 10.4. The third-order valence-corrected chi connectivity index (χ3v) is 13.7. The molecule has 0 spiro atoms. The van der Waals surface area contributed by atoms with Crippen LogP contribution in [0.4, 0.5) is 17.1 Å². The van der Waals surface area contributed by atoms with Crippen molar-refractivity contribution >= 4 is 60.7 Å². The van der Waals surface area contributed by atoms with Crippen LogP contribution in [0.3, 0.4) is 0 Å². The van der Waals surface area contributed by atoms with Gasteiger partial charge in [0.2, 0.25) is 0 Å². The summed E-state index contributed by atoms with van der Waals surface area (Å²) in [6, 6.07) is 99.1. The second kappa shape index (κ2) is 18.7. The minimum atomic E-state index is 1.09. The van der Waals surface area contributed by atoms with E-state index in [2.05, 4.69) is 287 Å². The molecular weight excluding hydrogens is 859 g/mol. The van der Waals surface area contributed by atoms with Gasteiger partial charge in [-0.15, -0.1) is 0 Å². The van der Waals surface area contributed by atoms with Gasteiger partial charge in [-0.25, -0.2) is 0 Å². The van der Waals surface area contributed by atoms with Crippen molar-refractivity contribution in [2.45, 2.75) is 13.8 Å². The molecule has 0 N–H and O–H groups in total. The highest BCUT2D eigenvalue weighted by Gasteiger charge is 2.19. The molecule has 71 heavy (non-hydrogen) atoms. The van der Waals surface area contributed by atoms with Crippen LogP contribution in [0.25, 0.3) is 99.5 Å². The molecule has 0 aliphatic heterocycles. The van der Waals surface area contributed by atoms with Crippen molar-refractivity contribution in [1.29, 1.82) is 0 Å². The standard InChI is InChI=1S/C66H45N3.C2H6/c1-6-18-46(19-7-1)52-40-53(47-20-8-2-9-21-47)42-58(41-52)67(54-22-10-3-11-23-54)57-35-30-48(31-36-57)49-32-37-65-61(43-49)62-45-51(34-39-66(62)69(65)56-26-14-5-15-27-56)50-33-38-64-60(44-50)59-28-16-17-29-63(59)68(64)55-24-12-4-13-25-55;1-2/h1-45H;1-2H3. The van der Waals surface area contributed by atoms with Gasteiger partial charge in [-0.1, -0.05) is 178 Å². The van der Waals surface area contributed by atoms with Crippen LogP contribution >= 0.6 is 0 Å². The monoisotopic (exact) mass is 909 g/mol. The summed E-state index contributed by atoms with van der Waals surface area (Å²) < 4.78 is 4.78. The molecule has 0 unspecified atom stereocenters. The van der Waals surface area contributed by atoms with Gasteiger partial charge in [0.25, 0.3) is 0 Å². The van der Waals surface area contributed by atoms with Crippen molar-refractivity contribution in [3.8, 4) is 55.9 Å². The Morgan fingerprint density at radius 2 is 0.563 bits per heavy atom. The highest BCUT2D eigenvalue weighted by Crippen LogP contribution is 2.42. The lowest BCUT2D eigenvalue weighted by atomic mass is 9.97. The first-order chi connectivity index (χ1) is 35.2. The average molecular weight is 910 g/mol. The highest BCUT2D eigenvalue weighted by molar-refractivity contribution is 6.13. The molecule has 3 heteroatoms. The number of benzene rings is 11. The minimum Gasteiger partial charge on any atom is -0.310 e. The minimum absolute atomic E-state index is 1.09. The van der Waals surface area contributed by atoms with E-state index >= 15 is 0 Å². The summed E-state index contributed by atoms with van der Waals surface area (Å²) in [5.74, 6) is 0. The van der Waals surface area contributed by atoms with E-state index in [1.54, 1.807) is 0 Å². The summed E-state index contributed by atoms with van der Waals surface area (Å²) in [5, 5.41) is 4.94. The molecule has 0 fully saturated rings. The Kier molecular flexibility index (Phi) is 11.4. The van der Waals surface area contributed by atoms with E-state index in [1.807, 2.05) is 13.8 Å². The summed E-state index contributed by atoms with van der Waals surface area (Å²) in [6.07, 6.45) is 0. The van der Waals surface area contributed by atoms with E-state index in [0.717, 1.165) is 34.0 Å². The first-order valence-electron chi connectivity index (χ1n) is 24.7. The molecule has 2 heterocycles. The van der Waals surface area contributed by atoms with Crippen LogP contribution in [0, 0.1) is 0 Å². The van der Waals surface area contributed by atoms with Crippen LogP contribution in [0.2, 0.25) is 0 Å². The second-order valence-corrected chi connectivity index (χ2v) is 17.8. The number of hydrogen-bond donors (Lipinski definition) is 0. The number of para-hydroxylation sites is 4. The largest absolute Gasteiger partial charge is 0.310 e. The maximum Gasteiger partial charge on any atom is 0.0541 e. The molecule has 13 aromatic rings. The number of rotatable bonds is 9. The summed E-state index contributed by atoms with van der Waals surface area (Å²) in [6.45, 7) is 4.00. The third kappa shape index (κ3) is 7.94. The second-order valence-electron chi connectivity index (χ2n) is 17.8. The first kappa shape index (κ1) is 43.1. The van der Waals surface area contributed by atoms with Crippen LogP contribution in [0.15, 0.2) is 273 Å². The predicted octanol–water partition coefficient (Wildman–Crippen LogP) is 19.0. The van der Waals surface area contributed by atoms with Gasteiger partial charge in [0, 0.05) is 50.0 Å². The van der Waals surface area contributed by atoms with Crippen LogP contribution in [0.5, 0.6) is 0 Å². The number of fused-ring (bicyclic) bond motifs is 6. The molecule has 13 rings (SSSR count). The SMILES string of the molecule is CC.c1ccc(-c2cc(-c3ccccc3)cc(N(c3ccccc3)c3ccc(-c4ccc5c(c4)c4cc(-c6ccc7c(c6)c6ccccc6n7-c6ccccc6)ccc4n5-c4ccccc4)cc3)c2)cc1. The number of aromatic nitrogens is 2. The molecule has 0 aliphatic rings. The zero-order valence-electron chi connectivity index (χ0n) is 39.8. The van der Waals surface area contributed by atoms with E-state index in [1.165, 1.54) is 82.6 Å². The van der Waals surface area contributed by atoms with Gasteiger partial charge in [-0.2, -0.15) is 0 Å². The summed E-state index contributed by atoms with van der Waals surface area (Å²) in [4.78, 5) is 2.37. The predicted molar refractivity (Wildman–Crippen MR) is 303 cm³/mol. The maximum absolute atomic E-state index is 2.41. The van der Waals surface area contributed by atoms with E-state index in [-0.39, 0.29) is 0 Å². The number of anilines is 3. The quantitative estimate of drug-likeness (QED) is 0.141. The van der Waals surface area contributed by atoms with Gasteiger partial charge in [-0.3, -0.25) is 0 Å². The van der Waals surface area contributed by atoms with Gasteiger partial charge in [0.05, 0.1) is 22.1 Å². The molecule has 0 amide bonds. The van der Waals surface area contributed by atoms with Gasteiger partial charge in [0.1, 0.15) is 0 Å².